The number of aromatic nitrogens is 5. The van der Waals surface area contributed by atoms with Gasteiger partial charge in [0.2, 0.25) is 0 Å². The third kappa shape index (κ3) is 3.00. The standard InChI is InChI=1S/C17H20N6O2/c1-11-19-16(21-20-11)14-5-6-25-15(14)9-22(2)17(24)12-3-4-13-7-18-10-23(13)8-12/h3-4,7-8,10,14-15H,5-6,9H2,1-2H3,(H,19,20,21)/t14-,15-/m1/s1. The van der Waals surface area contributed by atoms with Gasteiger partial charge in [0.05, 0.1) is 35.6 Å². The van der Waals surface area contributed by atoms with Gasteiger partial charge in [-0.3, -0.25) is 9.89 Å². The van der Waals surface area contributed by atoms with Crippen molar-refractivity contribution < 1.29 is 9.53 Å². The van der Waals surface area contributed by atoms with Crippen LogP contribution in [0.2, 0.25) is 0 Å². The molecule has 1 fully saturated rings. The first kappa shape index (κ1) is 15.8. The van der Waals surface area contributed by atoms with Crippen molar-refractivity contribution in [3.8, 4) is 0 Å². The molecule has 8 nitrogen and oxygen atoms in total. The molecule has 4 rings (SSSR count). The zero-order chi connectivity index (χ0) is 17.4. The van der Waals surface area contributed by atoms with E-state index in [0.717, 1.165) is 23.6 Å². The van der Waals surface area contributed by atoms with Crippen LogP contribution >= 0.6 is 0 Å². The van der Waals surface area contributed by atoms with E-state index in [1.807, 2.05) is 23.5 Å². The fourth-order valence-corrected chi connectivity index (χ4v) is 3.27. The Labute approximate surface area is 144 Å². The molecule has 1 N–H and O–H groups in total. The Hall–Kier alpha value is -2.74. The number of aromatic amines is 1. The Morgan fingerprint density at radius 1 is 1.48 bits per heavy atom. The van der Waals surface area contributed by atoms with Crippen LogP contribution in [-0.4, -0.2) is 61.7 Å². The van der Waals surface area contributed by atoms with Crippen LogP contribution in [0, 0.1) is 6.92 Å². The molecule has 0 radical (unpaired) electrons. The maximum absolute atomic E-state index is 12.7. The summed E-state index contributed by atoms with van der Waals surface area (Å²) in [6.45, 7) is 3.04. The third-order valence-corrected chi connectivity index (χ3v) is 4.61. The van der Waals surface area contributed by atoms with Gasteiger partial charge in [-0.15, -0.1) is 0 Å². The monoisotopic (exact) mass is 340 g/mol. The molecule has 0 aliphatic carbocycles. The number of amides is 1. The second-order valence-electron chi connectivity index (χ2n) is 6.41. The molecule has 1 aliphatic rings. The van der Waals surface area contributed by atoms with Crippen molar-refractivity contribution >= 4 is 11.4 Å². The van der Waals surface area contributed by atoms with Crippen molar-refractivity contribution in [3.63, 3.8) is 0 Å². The summed E-state index contributed by atoms with van der Waals surface area (Å²) >= 11 is 0. The molecule has 8 heteroatoms. The third-order valence-electron chi connectivity index (χ3n) is 4.61. The molecule has 1 amide bonds. The van der Waals surface area contributed by atoms with Crippen LogP contribution in [-0.2, 0) is 4.74 Å². The molecule has 25 heavy (non-hydrogen) atoms. The van der Waals surface area contributed by atoms with Crippen LogP contribution in [0.15, 0.2) is 30.9 Å². The van der Waals surface area contributed by atoms with E-state index in [1.165, 1.54) is 0 Å². The minimum Gasteiger partial charge on any atom is -0.376 e. The van der Waals surface area contributed by atoms with E-state index < -0.39 is 0 Å². The number of imidazole rings is 1. The number of carbonyl (C=O) groups excluding carboxylic acids is 1. The van der Waals surface area contributed by atoms with Gasteiger partial charge in [-0.25, -0.2) is 9.97 Å². The summed E-state index contributed by atoms with van der Waals surface area (Å²) < 4.78 is 7.68. The molecule has 0 spiro atoms. The summed E-state index contributed by atoms with van der Waals surface area (Å²) in [6.07, 6.45) is 6.01. The molecule has 0 unspecified atom stereocenters. The number of pyridine rings is 1. The summed E-state index contributed by atoms with van der Waals surface area (Å²) in [4.78, 5) is 22.9. The molecular weight excluding hydrogens is 320 g/mol. The first-order valence-corrected chi connectivity index (χ1v) is 8.29. The number of H-pyrrole nitrogens is 1. The molecule has 4 heterocycles. The normalized spacial score (nSPS) is 20.2. The predicted octanol–water partition coefficient (Wildman–Crippen LogP) is 1.41. The van der Waals surface area contributed by atoms with E-state index in [2.05, 4.69) is 20.2 Å². The number of fused-ring (bicyclic) bond motifs is 1. The molecule has 130 valence electrons. The van der Waals surface area contributed by atoms with E-state index in [-0.39, 0.29) is 17.9 Å². The van der Waals surface area contributed by atoms with Crippen molar-refractivity contribution in [2.24, 2.45) is 0 Å². The van der Waals surface area contributed by atoms with Crippen LogP contribution in [0.25, 0.3) is 5.52 Å². The van der Waals surface area contributed by atoms with Gasteiger partial charge < -0.3 is 14.0 Å². The summed E-state index contributed by atoms with van der Waals surface area (Å²) in [6, 6.07) is 3.71. The Morgan fingerprint density at radius 3 is 3.16 bits per heavy atom. The Balaban J connectivity index is 1.48. The number of rotatable bonds is 4. The maximum Gasteiger partial charge on any atom is 0.255 e. The first-order valence-electron chi connectivity index (χ1n) is 8.29. The van der Waals surface area contributed by atoms with Gasteiger partial charge in [-0.05, 0) is 25.5 Å². The molecule has 2 atom stereocenters. The quantitative estimate of drug-likeness (QED) is 0.776. The average molecular weight is 340 g/mol. The van der Waals surface area contributed by atoms with Crippen molar-refractivity contribution in [1.82, 2.24) is 29.5 Å². The van der Waals surface area contributed by atoms with Gasteiger partial charge in [0.25, 0.3) is 5.91 Å². The number of likely N-dealkylation sites (N-methyl/N-ethyl adjacent to an activating group) is 1. The topological polar surface area (TPSA) is 88.4 Å². The lowest BCUT2D eigenvalue weighted by atomic mass is 10.0. The van der Waals surface area contributed by atoms with Gasteiger partial charge in [-0.2, -0.15) is 5.10 Å². The smallest absolute Gasteiger partial charge is 0.255 e. The van der Waals surface area contributed by atoms with Crippen LogP contribution in [0.1, 0.15) is 34.3 Å². The highest BCUT2D eigenvalue weighted by Gasteiger charge is 2.34. The van der Waals surface area contributed by atoms with Gasteiger partial charge in [-0.1, -0.05) is 0 Å². The fourth-order valence-electron chi connectivity index (χ4n) is 3.27. The number of ether oxygens (including phenoxy) is 1. The highest BCUT2D eigenvalue weighted by atomic mass is 16.5. The van der Waals surface area contributed by atoms with E-state index >= 15 is 0 Å². The molecule has 1 aliphatic heterocycles. The second kappa shape index (κ2) is 6.29. The molecule has 1 saturated heterocycles. The van der Waals surface area contributed by atoms with E-state index in [0.29, 0.717) is 18.7 Å². The van der Waals surface area contributed by atoms with Gasteiger partial charge in [0, 0.05) is 26.4 Å². The highest BCUT2D eigenvalue weighted by Crippen LogP contribution is 2.29. The average Bonchev–Trinajstić information content (AvgIpc) is 3.33. The summed E-state index contributed by atoms with van der Waals surface area (Å²) in [7, 11) is 1.79. The van der Waals surface area contributed by atoms with Crippen LogP contribution in [0.4, 0.5) is 0 Å². The number of nitrogens with one attached hydrogen (secondary N) is 1. The molecule has 3 aromatic rings. The summed E-state index contributed by atoms with van der Waals surface area (Å²) in [5.74, 6) is 1.62. The number of carbonyl (C=O) groups is 1. The molecule has 3 aromatic heterocycles. The zero-order valence-electron chi connectivity index (χ0n) is 14.2. The minimum atomic E-state index is -0.0962. The fraction of sp³-hybridized carbons (Fsp3) is 0.412. The van der Waals surface area contributed by atoms with Crippen molar-refractivity contribution in [2.75, 3.05) is 20.2 Å². The number of hydrogen-bond donors (Lipinski definition) is 1. The van der Waals surface area contributed by atoms with Gasteiger partial charge in [0.1, 0.15) is 5.82 Å². The Bertz CT molecular complexity index is 901. The lowest BCUT2D eigenvalue weighted by Gasteiger charge is -2.24. The van der Waals surface area contributed by atoms with Crippen LogP contribution in [0.3, 0.4) is 0 Å². The first-order chi connectivity index (χ1) is 12.1. The zero-order valence-corrected chi connectivity index (χ0v) is 14.2. The summed E-state index contributed by atoms with van der Waals surface area (Å²) in [5, 5.41) is 7.13. The van der Waals surface area contributed by atoms with Gasteiger partial charge >= 0.3 is 0 Å². The van der Waals surface area contributed by atoms with E-state index in [9.17, 15) is 4.79 Å². The summed E-state index contributed by atoms with van der Waals surface area (Å²) in [5.41, 5.74) is 1.58. The van der Waals surface area contributed by atoms with E-state index in [1.54, 1.807) is 30.7 Å². The van der Waals surface area contributed by atoms with Crippen molar-refractivity contribution in [2.45, 2.75) is 25.4 Å². The lowest BCUT2D eigenvalue weighted by Crippen LogP contribution is -2.36. The minimum absolute atomic E-state index is 0.0454. The molecule has 0 saturated carbocycles. The number of nitrogens with zero attached hydrogens (tertiary/aromatic N) is 5. The number of aryl methyl sites for hydroxylation is 1. The molecule has 0 bridgehead atoms. The van der Waals surface area contributed by atoms with Crippen LogP contribution < -0.4 is 0 Å². The molecule has 0 aromatic carbocycles. The van der Waals surface area contributed by atoms with E-state index in [4.69, 9.17) is 4.74 Å². The second-order valence-corrected chi connectivity index (χ2v) is 6.41. The largest absolute Gasteiger partial charge is 0.376 e. The maximum atomic E-state index is 12.7. The highest BCUT2D eigenvalue weighted by molar-refractivity contribution is 5.94. The Kier molecular flexibility index (Phi) is 3.96. The lowest BCUT2D eigenvalue weighted by molar-refractivity contribution is 0.0550. The van der Waals surface area contributed by atoms with Crippen LogP contribution in [0.5, 0.6) is 0 Å². The number of hydrogen-bond acceptors (Lipinski definition) is 5. The SMILES string of the molecule is Cc1nc([C@@H]2CCO[C@@H]2CN(C)C(=O)c2ccc3cncn3c2)n[nH]1. The predicted molar refractivity (Wildman–Crippen MR) is 90.4 cm³/mol. The Morgan fingerprint density at radius 2 is 2.36 bits per heavy atom. The van der Waals surface area contributed by atoms with Crippen molar-refractivity contribution in [1.29, 1.82) is 0 Å². The molecular formula is C17H20N6O2. The van der Waals surface area contributed by atoms with Crippen molar-refractivity contribution in [3.05, 3.63) is 48.1 Å². The van der Waals surface area contributed by atoms with Gasteiger partial charge in [0.15, 0.2) is 5.82 Å².